The number of rotatable bonds is 2. The highest BCUT2D eigenvalue weighted by Crippen LogP contribution is 2.33. The maximum Gasteiger partial charge on any atom is 0.192 e. The number of hydrogen-bond donors (Lipinski definition) is 0. The molecule has 0 radical (unpaired) electrons. The van der Waals surface area contributed by atoms with Crippen LogP contribution in [0.3, 0.4) is 0 Å². The Morgan fingerprint density at radius 2 is 1.89 bits per heavy atom. The first-order chi connectivity index (χ1) is 4.33. The highest BCUT2D eigenvalue weighted by molar-refractivity contribution is 6.74. The lowest BCUT2D eigenvalue weighted by molar-refractivity contribution is 0.398. The van der Waals surface area contributed by atoms with Crippen LogP contribution in [0.4, 0.5) is 0 Å². The summed E-state index contributed by atoms with van der Waals surface area (Å²) in [5.74, 6) is 0. The molecule has 0 N–H and O–H groups in total. The molecule has 0 aliphatic carbocycles. The molecular weight excluding hydrogens is 128 g/mol. The lowest BCUT2D eigenvalue weighted by Gasteiger charge is -2.21. The maximum atomic E-state index is 5.59. The zero-order valence-electron chi connectivity index (χ0n) is 6.44. The molecule has 0 spiro atoms. The molecule has 54 valence electrons. The van der Waals surface area contributed by atoms with Crippen LogP contribution in [0.1, 0.15) is 19.8 Å². The summed E-state index contributed by atoms with van der Waals surface area (Å²) in [5, 5.41) is 0. The minimum absolute atomic E-state index is 1.08. The summed E-state index contributed by atoms with van der Waals surface area (Å²) in [4.78, 5) is 0. The van der Waals surface area contributed by atoms with Gasteiger partial charge in [-0.1, -0.05) is 19.8 Å². The molecule has 0 atom stereocenters. The average Bonchev–Trinajstić information content (AvgIpc) is 2.36. The molecule has 1 aliphatic heterocycles. The third-order valence-corrected chi connectivity index (χ3v) is 7.28. The number of hydrogen-bond acceptors (Lipinski definition) is 1. The quantitative estimate of drug-likeness (QED) is 0.541. The summed E-state index contributed by atoms with van der Waals surface area (Å²) in [6.07, 6.45) is 2.85. The molecule has 0 aromatic heterocycles. The third-order valence-electron chi connectivity index (χ3n) is 2.59. The Kier molecular flexibility index (Phi) is 2.30. The Balaban J connectivity index is 2.45. The normalized spacial score (nSPS) is 24.7. The van der Waals surface area contributed by atoms with Gasteiger partial charge in [0.2, 0.25) is 0 Å². The zero-order chi connectivity index (χ0) is 6.74. The molecule has 0 saturated carbocycles. The van der Waals surface area contributed by atoms with Gasteiger partial charge in [-0.3, -0.25) is 0 Å². The van der Waals surface area contributed by atoms with Crippen LogP contribution >= 0.6 is 0 Å². The zero-order valence-corrected chi connectivity index (χ0v) is 7.44. The van der Waals surface area contributed by atoms with Crippen LogP contribution < -0.4 is 0 Å². The minimum Gasteiger partial charge on any atom is -0.420 e. The predicted molar refractivity (Wildman–Crippen MR) is 42.1 cm³/mol. The molecule has 9 heavy (non-hydrogen) atoms. The van der Waals surface area contributed by atoms with E-state index in [2.05, 4.69) is 6.92 Å². The fourth-order valence-corrected chi connectivity index (χ4v) is 5.16. The van der Waals surface area contributed by atoms with E-state index in [0.29, 0.717) is 0 Å². The van der Waals surface area contributed by atoms with E-state index in [1.54, 1.807) is 0 Å². The van der Waals surface area contributed by atoms with Gasteiger partial charge in [0.05, 0.1) is 0 Å². The van der Waals surface area contributed by atoms with Crippen molar-refractivity contribution in [2.45, 2.75) is 37.9 Å². The second kappa shape index (κ2) is 2.84. The molecule has 0 unspecified atom stereocenters. The average molecular weight is 144 g/mol. The van der Waals surface area contributed by atoms with E-state index >= 15 is 0 Å². The van der Waals surface area contributed by atoms with Crippen molar-refractivity contribution < 1.29 is 4.43 Å². The van der Waals surface area contributed by atoms with E-state index in [1.807, 2.05) is 7.11 Å². The lowest BCUT2D eigenvalue weighted by Crippen LogP contribution is -2.31. The van der Waals surface area contributed by atoms with Crippen molar-refractivity contribution in [3.8, 4) is 0 Å². The van der Waals surface area contributed by atoms with Crippen LogP contribution in [0.15, 0.2) is 0 Å². The highest BCUT2D eigenvalue weighted by atomic mass is 28.4. The summed E-state index contributed by atoms with van der Waals surface area (Å²) in [7, 11) is 0.824. The Labute approximate surface area is 58.5 Å². The van der Waals surface area contributed by atoms with Gasteiger partial charge in [-0.25, -0.2) is 0 Å². The van der Waals surface area contributed by atoms with Crippen molar-refractivity contribution in [3.63, 3.8) is 0 Å². The van der Waals surface area contributed by atoms with Crippen LogP contribution in [0.5, 0.6) is 0 Å². The first-order valence-electron chi connectivity index (χ1n) is 3.88. The fourth-order valence-electron chi connectivity index (χ4n) is 1.72. The van der Waals surface area contributed by atoms with E-state index in [0.717, 1.165) is 0 Å². The SMILES string of the molecule is CC[Si]1(OC)CCCC1. The molecule has 0 aromatic carbocycles. The van der Waals surface area contributed by atoms with Crippen molar-refractivity contribution in [1.29, 1.82) is 0 Å². The molecule has 1 fully saturated rings. The van der Waals surface area contributed by atoms with Crippen LogP contribution in [0.25, 0.3) is 0 Å². The van der Waals surface area contributed by atoms with Gasteiger partial charge >= 0.3 is 0 Å². The van der Waals surface area contributed by atoms with Gasteiger partial charge in [-0.05, 0) is 18.1 Å². The van der Waals surface area contributed by atoms with Crippen molar-refractivity contribution in [2.24, 2.45) is 0 Å². The minimum atomic E-state index is -1.08. The van der Waals surface area contributed by atoms with Gasteiger partial charge in [-0.15, -0.1) is 0 Å². The molecule has 0 amide bonds. The Morgan fingerprint density at radius 1 is 1.33 bits per heavy atom. The maximum absolute atomic E-state index is 5.59. The summed E-state index contributed by atoms with van der Waals surface area (Å²) >= 11 is 0. The van der Waals surface area contributed by atoms with Crippen molar-refractivity contribution in [1.82, 2.24) is 0 Å². The predicted octanol–water partition coefficient (Wildman–Crippen LogP) is 2.39. The Bertz CT molecular complexity index is 80.9. The summed E-state index contributed by atoms with van der Waals surface area (Å²) in [6.45, 7) is 2.28. The largest absolute Gasteiger partial charge is 0.420 e. The Morgan fingerprint density at radius 3 is 2.11 bits per heavy atom. The van der Waals surface area contributed by atoms with Crippen LogP contribution in [-0.4, -0.2) is 15.4 Å². The molecule has 1 rings (SSSR count). The molecule has 2 heteroatoms. The molecular formula is C7H16OSi. The lowest BCUT2D eigenvalue weighted by atomic mass is 10.4. The van der Waals surface area contributed by atoms with Gasteiger partial charge in [0.1, 0.15) is 0 Å². The van der Waals surface area contributed by atoms with Gasteiger partial charge in [0.25, 0.3) is 0 Å². The monoisotopic (exact) mass is 144 g/mol. The molecule has 1 aliphatic rings. The van der Waals surface area contributed by atoms with Gasteiger partial charge in [-0.2, -0.15) is 0 Å². The first kappa shape index (κ1) is 7.29. The van der Waals surface area contributed by atoms with Gasteiger partial charge in [0.15, 0.2) is 8.32 Å². The smallest absolute Gasteiger partial charge is 0.192 e. The highest BCUT2D eigenvalue weighted by Gasteiger charge is 2.34. The molecule has 1 heterocycles. The second-order valence-electron chi connectivity index (χ2n) is 2.95. The molecule has 0 bridgehead atoms. The van der Waals surface area contributed by atoms with Crippen molar-refractivity contribution >= 4 is 8.32 Å². The van der Waals surface area contributed by atoms with E-state index in [4.69, 9.17) is 4.43 Å². The van der Waals surface area contributed by atoms with E-state index < -0.39 is 8.32 Å². The first-order valence-corrected chi connectivity index (χ1v) is 6.41. The molecule has 1 saturated heterocycles. The third kappa shape index (κ3) is 1.35. The van der Waals surface area contributed by atoms with Gasteiger partial charge < -0.3 is 4.43 Å². The van der Waals surface area contributed by atoms with E-state index in [-0.39, 0.29) is 0 Å². The summed E-state index contributed by atoms with van der Waals surface area (Å²) < 4.78 is 5.59. The summed E-state index contributed by atoms with van der Waals surface area (Å²) in [5.41, 5.74) is 0. The van der Waals surface area contributed by atoms with E-state index in [1.165, 1.54) is 31.0 Å². The standard InChI is InChI=1S/C7H16OSi/c1-3-9(8-2)6-4-5-7-9/h3-7H2,1-2H3. The van der Waals surface area contributed by atoms with Crippen LogP contribution in [0.2, 0.25) is 18.1 Å². The van der Waals surface area contributed by atoms with Gasteiger partial charge in [0, 0.05) is 7.11 Å². The molecule has 1 nitrogen and oxygen atoms in total. The van der Waals surface area contributed by atoms with Crippen molar-refractivity contribution in [3.05, 3.63) is 0 Å². The van der Waals surface area contributed by atoms with E-state index in [9.17, 15) is 0 Å². The van der Waals surface area contributed by atoms with Crippen LogP contribution in [-0.2, 0) is 4.43 Å². The fraction of sp³-hybridized carbons (Fsp3) is 1.00. The summed E-state index contributed by atoms with van der Waals surface area (Å²) in [6, 6.07) is 4.16. The van der Waals surface area contributed by atoms with Crippen molar-refractivity contribution in [2.75, 3.05) is 7.11 Å². The Hall–Kier alpha value is 0.177. The second-order valence-corrected chi connectivity index (χ2v) is 7.43. The molecule has 0 aromatic rings. The topological polar surface area (TPSA) is 9.23 Å². The van der Waals surface area contributed by atoms with Crippen LogP contribution in [0, 0.1) is 0 Å².